The van der Waals surface area contributed by atoms with Crippen molar-refractivity contribution in [1.29, 1.82) is 0 Å². The van der Waals surface area contributed by atoms with Crippen molar-refractivity contribution >= 4 is 22.7 Å². The van der Waals surface area contributed by atoms with Gasteiger partial charge in [0.25, 0.3) is 0 Å². The van der Waals surface area contributed by atoms with E-state index < -0.39 is 10.8 Å². The van der Waals surface area contributed by atoms with E-state index in [1.165, 1.54) is 42.5 Å². The van der Waals surface area contributed by atoms with Gasteiger partial charge in [-0.3, -0.25) is 9.59 Å². The number of hydrogen-bond acceptors (Lipinski definition) is 3. The minimum absolute atomic E-state index is 0.00900. The number of allylic oxidation sites excluding steroid dienone is 2. The molecule has 6 nitrogen and oxygen atoms in total. The van der Waals surface area contributed by atoms with Crippen LogP contribution in [0.5, 0.6) is 0 Å². The van der Waals surface area contributed by atoms with E-state index in [-0.39, 0.29) is 29.1 Å². The topological polar surface area (TPSA) is 94.3 Å². The second kappa shape index (κ2) is 9.00. The Morgan fingerprint density at radius 3 is 2.14 bits per heavy atom. The Kier molecular flexibility index (Phi) is 6.02. The van der Waals surface area contributed by atoms with E-state index in [9.17, 15) is 9.59 Å². The summed E-state index contributed by atoms with van der Waals surface area (Å²) in [6, 6.07) is 10.6. The highest BCUT2D eigenvalue weighted by Gasteiger charge is 2.81. The van der Waals surface area contributed by atoms with Crippen LogP contribution < -0.4 is 11.5 Å². The van der Waals surface area contributed by atoms with Gasteiger partial charge >= 0.3 is 0 Å². The quantitative estimate of drug-likeness (QED) is 0.349. The van der Waals surface area contributed by atoms with Crippen LogP contribution in [0, 0.1) is 35.0 Å². The molecule has 198 valence electrons. The number of carbonyl (C=O) groups is 2. The lowest BCUT2D eigenvalue weighted by molar-refractivity contribution is -0.152. The van der Waals surface area contributed by atoms with Gasteiger partial charge in [-0.1, -0.05) is 36.8 Å². The van der Waals surface area contributed by atoms with Crippen LogP contribution in [-0.4, -0.2) is 40.9 Å². The van der Waals surface area contributed by atoms with Crippen LogP contribution in [0.3, 0.4) is 0 Å². The molecular formula is C31H42N4O2. The zero-order valence-corrected chi connectivity index (χ0v) is 22.3. The zero-order chi connectivity index (χ0) is 25.8. The summed E-state index contributed by atoms with van der Waals surface area (Å²) in [5.74, 6) is -0.562. The molecular weight excluding hydrogens is 460 g/mol. The lowest BCUT2D eigenvalue weighted by Gasteiger charge is -2.48. The molecule has 1 aromatic heterocycles. The summed E-state index contributed by atoms with van der Waals surface area (Å²) in [4.78, 5) is 29.7. The van der Waals surface area contributed by atoms with Gasteiger partial charge in [-0.05, 0) is 113 Å². The zero-order valence-electron chi connectivity index (χ0n) is 22.3. The molecule has 2 amide bonds. The molecule has 1 aliphatic heterocycles. The number of primary amides is 2. The highest BCUT2D eigenvalue weighted by Crippen LogP contribution is 2.81. The van der Waals surface area contributed by atoms with Gasteiger partial charge in [-0.15, -0.1) is 0 Å². The Bertz CT molecular complexity index is 1240. The maximum absolute atomic E-state index is 13.6. The molecule has 4 atom stereocenters. The normalized spacial score (nSPS) is 31.6. The number of nitrogens with two attached hydrogens (primary N) is 2. The maximum Gasteiger partial charge on any atom is 0.225 e. The summed E-state index contributed by atoms with van der Waals surface area (Å²) < 4.78 is 2.34. The minimum atomic E-state index is -0.904. The van der Waals surface area contributed by atoms with Crippen molar-refractivity contribution in [2.24, 2.45) is 39.5 Å². The second-order valence-electron chi connectivity index (χ2n) is 12.4. The Balaban J connectivity index is 1.29. The van der Waals surface area contributed by atoms with Gasteiger partial charge in [-0.25, -0.2) is 0 Å². The van der Waals surface area contributed by atoms with E-state index in [4.69, 9.17) is 11.5 Å². The molecule has 3 fully saturated rings. The Labute approximate surface area is 220 Å². The fourth-order valence-corrected chi connectivity index (χ4v) is 9.09. The predicted molar refractivity (Wildman–Crippen MR) is 146 cm³/mol. The third-order valence-electron chi connectivity index (χ3n) is 10.8. The van der Waals surface area contributed by atoms with Crippen molar-refractivity contribution in [1.82, 2.24) is 9.47 Å². The highest BCUT2D eigenvalue weighted by atomic mass is 16.2. The number of likely N-dealkylation sites (tertiary alicyclic amines) is 1. The number of para-hydroxylation sites is 1. The summed E-state index contributed by atoms with van der Waals surface area (Å²) in [6.45, 7) is 6.35. The molecule has 2 bridgehead atoms. The molecule has 2 saturated carbocycles. The van der Waals surface area contributed by atoms with E-state index in [1.54, 1.807) is 0 Å². The monoisotopic (exact) mass is 502 g/mol. The highest BCUT2D eigenvalue weighted by molar-refractivity contribution is 5.95. The number of fused-ring (bicyclic) bond motifs is 1. The van der Waals surface area contributed by atoms with Gasteiger partial charge < -0.3 is 20.9 Å². The Morgan fingerprint density at radius 1 is 0.892 bits per heavy atom. The first-order chi connectivity index (χ1) is 17.9. The number of hydrogen-bond donors (Lipinski definition) is 2. The summed E-state index contributed by atoms with van der Waals surface area (Å²) in [6.07, 6.45) is 13.1. The van der Waals surface area contributed by atoms with Gasteiger partial charge in [0.15, 0.2) is 0 Å². The van der Waals surface area contributed by atoms with Crippen LogP contribution in [0.25, 0.3) is 10.9 Å². The molecule has 37 heavy (non-hydrogen) atoms. The molecule has 6 heteroatoms. The average molecular weight is 503 g/mol. The second-order valence-corrected chi connectivity index (χ2v) is 12.4. The molecule has 0 radical (unpaired) electrons. The molecule has 3 aliphatic carbocycles. The Morgan fingerprint density at radius 2 is 1.51 bits per heavy atom. The van der Waals surface area contributed by atoms with E-state index in [0.717, 1.165) is 45.2 Å². The molecule has 1 aromatic carbocycles. The molecule has 4 N–H and O–H groups in total. The molecule has 2 aromatic rings. The largest absolute Gasteiger partial charge is 0.369 e. The number of unbranched alkanes of at least 4 members (excludes halogenated alkanes) is 1. The SMILES string of the molecule is Cc1cc2ccccc2n1CCC[C@@]1(C(N)=O)[C@H]2C=C[C@H](C23CC3)[C@@]1(CCCCN1CCCC1)C(N)=O. The Hall–Kier alpha value is -2.60. The third kappa shape index (κ3) is 3.47. The maximum atomic E-state index is 13.6. The van der Waals surface area contributed by atoms with Crippen molar-refractivity contribution in [3.63, 3.8) is 0 Å². The fraction of sp³-hybridized carbons (Fsp3) is 0.613. The lowest BCUT2D eigenvalue weighted by atomic mass is 9.53. The molecule has 4 aliphatic rings. The molecule has 1 spiro atoms. The number of amides is 2. The first-order valence-electron chi connectivity index (χ1n) is 14.4. The number of nitrogens with zero attached hydrogens (tertiary/aromatic N) is 2. The lowest BCUT2D eigenvalue weighted by Crippen LogP contribution is -2.59. The number of rotatable bonds is 11. The van der Waals surface area contributed by atoms with Gasteiger partial charge in [0, 0.05) is 17.8 Å². The first kappa shape index (κ1) is 24.7. The fourth-order valence-electron chi connectivity index (χ4n) is 9.09. The number of aryl methyl sites for hydroxylation is 2. The van der Waals surface area contributed by atoms with Crippen LogP contribution in [0.4, 0.5) is 0 Å². The predicted octanol–water partition coefficient (Wildman–Crippen LogP) is 4.54. The number of aromatic nitrogens is 1. The molecule has 2 heterocycles. The summed E-state index contributed by atoms with van der Waals surface area (Å²) in [7, 11) is 0. The summed E-state index contributed by atoms with van der Waals surface area (Å²) >= 11 is 0. The standard InChI is InChI=1S/C31H42N4O2/c1-22-21-23-9-2-3-10-24(23)35(22)20-8-14-31(28(33)37)26-12-11-25(29(26)15-16-29)30(31,27(32)36)13-4-5-17-34-18-6-7-19-34/h2-3,9-12,21,25-26H,4-8,13-20H2,1H3,(H2,32,36)(H2,33,37)/t25-,26+,30+,31+/m1/s1. The smallest absolute Gasteiger partial charge is 0.225 e. The third-order valence-corrected chi connectivity index (χ3v) is 10.8. The van der Waals surface area contributed by atoms with Crippen molar-refractivity contribution in [3.8, 4) is 0 Å². The van der Waals surface area contributed by atoms with E-state index in [2.05, 4.69) is 58.9 Å². The van der Waals surface area contributed by atoms with Crippen LogP contribution >= 0.6 is 0 Å². The van der Waals surface area contributed by atoms with E-state index in [1.807, 2.05) is 0 Å². The number of benzene rings is 1. The van der Waals surface area contributed by atoms with Crippen LogP contribution in [0.1, 0.15) is 63.5 Å². The van der Waals surface area contributed by atoms with E-state index in [0.29, 0.717) is 12.8 Å². The van der Waals surface area contributed by atoms with Crippen LogP contribution in [0.2, 0.25) is 0 Å². The number of carbonyl (C=O) groups excluding carboxylic acids is 2. The van der Waals surface area contributed by atoms with Crippen LogP contribution in [-0.2, 0) is 16.1 Å². The van der Waals surface area contributed by atoms with Gasteiger partial charge in [0.05, 0.1) is 10.8 Å². The van der Waals surface area contributed by atoms with Gasteiger partial charge in [-0.2, -0.15) is 0 Å². The molecule has 0 unspecified atom stereocenters. The van der Waals surface area contributed by atoms with E-state index >= 15 is 0 Å². The van der Waals surface area contributed by atoms with Gasteiger partial charge in [0.1, 0.15) is 0 Å². The van der Waals surface area contributed by atoms with Crippen molar-refractivity contribution in [2.45, 2.75) is 71.3 Å². The van der Waals surface area contributed by atoms with Gasteiger partial charge in [0.2, 0.25) is 11.8 Å². The summed E-state index contributed by atoms with van der Waals surface area (Å²) in [5.41, 5.74) is 13.4. The average Bonchev–Trinajstić information content (AvgIpc) is 3.14. The van der Waals surface area contributed by atoms with Crippen molar-refractivity contribution in [2.75, 3.05) is 19.6 Å². The minimum Gasteiger partial charge on any atom is -0.369 e. The van der Waals surface area contributed by atoms with Crippen molar-refractivity contribution in [3.05, 3.63) is 48.2 Å². The van der Waals surface area contributed by atoms with Crippen molar-refractivity contribution < 1.29 is 9.59 Å². The molecule has 1 saturated heterocycles. The molecule has 6 rings (SSSR count). The summed E-state index contributed by atoms with van der Waals surface area (Å²) in [5, 5.41) is 1.23. The first-order valence-corrected chi connectivity index (χ1v) is 14.4. The van der Waals surface area contributed by atoms with Crippen LogP contribution in [0.15, 0.2) is 42.5 Å².